The fraction of sp³-hybridized carbons (Fsp3) is 0.500. The van der Waals surface area contributed by atoms with Crippen LogP contribution in [0, 0.1) is 0 Å². The highest BCUT2D eigenvalue weighted by atomic mass is 16.5. The van der Waals surface area contributed by atoms with Crippen molar-refractivity contribution in [1.82, 2.24) is 4.90 Å². The Balaban J connectivity index is 1.77. The van der Waals surface area contributed by atoms with Gasteiger partial charge in [-0.25, -0.2) is 0 Å². The predicted octanol–water partition coefficient (Wildman–Crippen LogP) is 1.71. The number of morpholine rings is 1. The molecule has 2 rings (SSSR count). The average molecular weight is 291 g/mol. The SMILES string of the molecule is O=C(O)CCC(=O)N1CCOC(CCc2ccccc2)C1. The number of hydrogen-bond acceptors (Lipinski definition) is 3. The molecule has 1 aliphatic heterocycles. The van der Waals surface area contributed by atoms with Crippen molar-refractivity contribution in [2.45, 2.75) is 31.8 Å². The molecule has 0 aromatic heterocycles. The van der Waals surface area contributed by atoms with Crippen LogP contribution in [-0.4, -0.2) is 47.7 Å². The minimum Gasteiger partial charge on any atom is -0.481 e. The van der Waals surface area contributed by atoms with Crippen molar-refractivity contribution < 1.29 is 19.4 Å². The molecule has 1 amide bonds. The molecule has 5 heteroatoms. The summed E-state index contributed by atoms with van der Waals surface area (Å²) in [5.74, 6) is -1.03. The van der Waals surface area contributed by atoms with E-state index in [0.717, 1.165) is 12.8 Å². The number of carboxylic acid groups (broad SMARTS) is 1. The third-order valence-electron chi connectivity index (χ3n) is 3.64. The van der Waals surface area contributed by atoms with E-state index in [1.54, 1.807) is 4.90 Å². The Bertz CT molecular complexity index is 474. The van der Waals surface area contributed by atoms with Crippen molar-refractivity contribution in [3.8, 4) is 0 Å². The lowest BCUT2D eigenvalue weighted by Crippen LogP contribution is -2.45. The van der Waals surface area contributed by atoms with E-state index in [1.165, 1.54) is 5.56 Å². The monoisotopic (exact) mass is 291 g/mol. The molecule has 1 atom stereocenters. The lowest BCUT2D eigenvalue weighted by atomic mass is 10.1. The first-order chi connectivity index (χ1) is 10.1. The fourth-order valence-electron chi connectivity index (χ4n) is 2.46. The van der Waals surface area contributed by atoms with Gasteiger partial charge in [-0.15, -0.1) is 0 Å². The Labute approximate surface area is 124 Å². The molecule has 1 aromatic rings. The summed E-state index contributed by atoms with van der Waals surface area (Å²) in [7, 11) is 0. The highest BCUT2D eigenvalue weighted by Gasteiger charge is 2.24. The highest BCUT2D eigenvalue weighted by Crippen LogP contribution is 2.13. The molecule has 1 heterocycles. The Kier molecular flexibility index (Phi) is 5.75. The van der Waals surface area contributed by atoms with Crippen molar-refractivity contribution >= 4 is 11.9 Å². The van der Waals surface area contributed by atoms with Gasteiger partial charge >= 0.3 is 5.97 Å². The quantitative estimate of drug-likeness (QED) is 0.866. The van der Waals surface area contributed by atoms with Crippen LogP contribution in [0.3, 0.4) is 0 Å². The summed E-state index contributed by atoms with van der Waals surface area (Å²) in [6, 6.07) is 10.2. The fourth-order valence-corrected chi connectivity index (χ4v) is 2.46. The molecule has 1 N–H and O–H groups in total. The summed E-state index contributed by atoms with van der Waals surface area (Å²) in [5, 5.41) is 8.63. The number of aryl methyl sites for hydroxylation is 1. The maximum Gasteiger partial charge on any atom is 0.303 e. The molecule has 1 aliphatic rings. The van der Waals surface area contributed by atoms with Crippen LogP contribution in [0.1, 0.15) is 24.8 Å². The molecular weight excluding hydrogens is 270 g/mol. The zero-order chi connectivity index (χ0) is 15.1. The topological polar surface area (TPSA) is 66.8 Å². The number of aliphatic carboxylic acids is 1. The summed E-state index contributed by atoms with van der Waals surface area (Å²) in [5.41, 5.74) is 1.26. The van der Waals surface area contributed by atoms with E-state index in [2.05, 4.69) is 12.1 Å². The van der Waals surface area contributed by atoms with Gasteiger partial charge in [0.1, 0.15) is 0 Å². The van der Waals surface area contributed by atoms with Gasteiger partial charge in [0.25, 0.3) is 0 Å². The van der Waals surface area contributed by atoms with Crippen LogP contribution in [0.5, 0.6) is 0 Å². The molecule has 0 aliphatic carbocycles. The molecule has 114 valence electrons. The number of carbonyl (C=O) groups is 2. The van der Waals surface area contributed by atoms with Gasteiger partial charge in [-0.1, -0.05) is 30.3 Å². The normalized spacial score (nSPS) is 18.5. The lowest BCUT2D eigenvalue weighted by Gasteiger charge is -2.33. The van der Waals surface area contributed by atoms with Crippen LogP contribution in [0.15, 0.2) is 30.3 Å². The molecule has 1 unspecified atom stereocenters. The molecule has 1 saturated heterocycles. The molecule has 0 spiro atoms. The zero-order valence-corrected chi connectivity index (χ0v) is 12.0. The van der Waals surface area contributed by atoms with Crippen molar-refractivity contribution in [1.29, 1.82) is 0 Å². The lowest BCUT2D eigenvalue weighted by molar-refractivity contribution is -0.144. The van der Waals surface area contributed by atoms with Crippen LogP contribution >= 0.6 is 0 Å². The highest BCUT2D eigenvalue weighted by molar-refractivity contribution is 5.80. The Hall–Kier alpha value is -1.88. The smallest absolute Gasteiger partial charge is 0.303 e. The van der Waals surface area contributed by atoms with Gasteiger partial charge in [-0.3, -0.25) is 9.59 Å². The van der Waals surface area contributed by atoms with Crippen LogP contribution in [0.4, 0.5) is 0 Å². The van der Waals surface area contributed by atoms with Gasteiger partial charge in [-0.2, -0.15) is 0 Å². The van der Waals surface area contributed by atoms with E-state index in [1.807, 2.05) is 18.2 Å². The summed E-state index contributed by atoms with van der Waals surface area (Å²) >= 11 is 0. The van der Waals surface area contributed by atoms with Crippen molar-refractivity contribution in [2.75, 3.05) is 19.7 Å². The average Bonchev–Trinajstić information content (AvgIpc) is 2.52. The molecular formula is C16H21NO4. The van der Waals surface area contributed by atoms with E-state index in [0.29, 0.717) is 19.7 Å². The predicted molar refractivity (Wildman–Crippen MR) is 78.0 cm³/mol. The van der Waals surface area contributed by atoms with E-state index in [9.17, 15) is 9.59 Å². The van der Waals surface area contributed by atoms with Gasteiger partial charge in [0, 0.05) is 19.5 Å². The number of carbonyl (C=O) groups excluding carboxylic acids is 1. The van der Waals surface area contributed by atoms with Crippen LogP contribution < -0.4 is 0 Å². The number of amides is 1. The number of benzene rings is 1. The maximum absolute atomic E-state index is 11.9. The first-order valence-corrected chi connectivity index (χ1v) is 7.30. The first-order valence-electron chi connectivity index (χ1n) is 7.30. The molecule has 0 bridgehead atoms. The standard InChI is InChI=1S/C16H21NO4/c18-15(8-9-16(19)20)17-10-11-21-14(12-17)7-6-13-4-2-1-3-5-13/h1-5,14H,6-12H2,(H,19,20). The number of hydrogen-bond donors (Lipinski definition) is 1. The van der Waals surface area contributed by atoms with E-state index >= 15 is 0 Å². The second kappa shape index (κ2) is 7.78. The summed E-state index contributed by atoms with van der Waals surface area (Å²) in [6.45, 7) is 1.64. The number of rotatable bonds is 6. The Morgan fingerprint density at radius 2 is 2.00 bits per heavy atom. The first kappa shape index (κ1) is 15.5. The largest absolute Gasteiger partial charge is 0.481 e. The van der Waals surface area contributed by atoms with Gasteiger partial charge in [0.15, 0.2) is 0 Å². The number of nitrogens with zero attached hydrogens (tertiary/aromatic N) is 1. The Morgan fingerprint density at radius 3 is 2.71 bits per heavy atom. The van der Waals surface area contributed by atoms with Crippen LogP contribution in [0.2, 0.25) is 0 Å². The van der Waals surface area contributed by atoms with Crippen molar-refractivity contribution in [3.63, 3.8) is 0 Å². The third-order valence-corrected chi connectivity index (χ3v) is 3.64. The molecule has 21 heavy (non-hydrogen) atoms. The second-order valence-electron chi connectivity index (χ2n) is 5.25. The minimum absolute atomic E-state index is 0.0349. The summed E-state index contributed by atoms with van der Waals surface area (Å²) < 4.78 is 5.70. The number of ether oxygens (including phenoxy) is 1. The maximum atomic E-state index is 11.9. The molecule has 1 aromatic carbocycles. The van der Waals surface area contributed by atoms with Gasteiger partial charge in [0.2, 0.25) is 5.91 Å². The Morgan fingerprint density at radius 1 is 1.24 bits per heavy atom. The van der Waals surface area contributed by atoms with Crippen LogP contribution in [-0.2, 0) is 20.7 Å². The summed E-state index contributed by atoms with van der Waals surface area (Å²) in [4.78, 5) is 24.2. The van der Waals surface area contributed by atoms with Gasteiger partial charge in [0.05, 0.1) is 19.1 Å². The molecule has 1 fully saturated rings. The molecule has 0 saturated carbocycles. The van der Waals surface area contributed by atoms with E-state index in [-0.39, 0.29) is 24.9 Å². The summed E-state index contributed by atoms with van der Waals surface area (Å²) in [6.07, 6.45) is 1.79. The van der Waals surface area contributed by atoms with Gasteiger partial charge in [-0.05, 0) is 18.4 Å². The van der Waals surface area contributed by atoms with E-state index in [4.69, 9.17) is 9.84 Å². The minimum atomic E-state index is -0.933. The van der Waals surface area contributed by atoms with Crippen LogP contribution in [0.25, 0.3) is 0 Å². The van der Waals surface area contributed by atoms with E-state index < -0.39 is 5.97 Å². The second-order valence-corrected chi connectivity index (χ2v) is 5.25. The number of carboxylic acids is 1. The molecule has 0 radical (unpaired) electrons. The van der Waals surface area contributed by atoms with Gasteiger partial charge < -0.3 is 14.7 Å². The van der Waals surface area contributed by atoms with Crippen molar-refractivity contribution in [3.05, 3.63) is 35.9 Å². The zero-order valence-electron chi connectivity index (χ0n) is 12.0. The van der Waals surface area contributed by atoms with Crippen molar-refractivity contribution in [2.24, 2.45) is 0 Å². The third kappa shape index (κ3) is 5.19. The molecule has 5 nitrogen and oxygen atoms in total.